The van der Waals surface area contributed by atoms with Gasteiger partial charge >= 0.3 is 12.0 Å². The highest BCUT2D eigenvalue weighted by atomic mass is 79.9. The zero-order valence-electron chi connectivity index (χ0n) is 24.0. The molecule has 1 fully saturated rings. The van der Waals surface area contributed by atoms with Gasteiger partial charge in [0.2, 0.25) is 5.91 Å². The first kappa shape index (κ1) is 32.0. The Morgan fingerprint density at radius 1 is 1.10 bits per heavy atom. The number of anilines is 2. The van der Waals surface area contributed by atoms with Gasteiger partial charge in [-0.15, -0.1) is 0 Å². The molecule has 42 heavy (non-hydrogen) atoms. The second-order valence-corrected chi connectivity index (χ2v) is 13.3. The summed E-state index contributed by atoms with van der Waals surface area (Å²) in [7, 11) is 0. The third-order valence-corrected chi connectivity index (χ3v) is 8.67. The van der Waals surface area contributed by atoms with Gasteiger partial charge in [0.15, 0.2) is 5.78 Å². The number of amides is 3. The van der Waals surface area contributed by atoms with E-state index >= 15 is 0 Å². The van der Waals surface area contributed by atoms with Crippen LogP contribution in [0.25, 0.3) is 0 Å². The zero-order valence-corrected chi connectivity index (χ0v) is 27.2. The number of urea groups is 1. The highest BCUT2D eigenvalue weighted by Crippen LogP contribution is 2.30. The Morgan fingerprint density at radius 2 is 1.74 bits per heavy atom. The van der Waals surface area contributed by atoms with Crippen LogP contribution in [0.5, 0.6) is 0 Å². The van der Waals surface area contributed by atoms with Crippen LogP contribution in [-0.2, 0) is 20.7 Å². The Labute approximate surface area is 262 Å². The van der Waals surface area contributed by atoms with Crippen LogP contribution in [0.15, 0.2) is 45.3 Å². The first-order chi connectivity index (χ1) is 19.8. The number of nitrogens with one attached hydrogen (secondary N) is 2. The van der Waals surface area contributed by atoms with E-state index in [-0.39, 0.29) is 36.7 Å². The Kier molecular flexibility index (Phi) is 10.3. The second kappa shape index (κ2) is 13.6. The number of halogens is 2. The van der Waals surface area contributed by atoms with E-state index in [1.807, 2.05) is 29.2 Å². The van der Waals surface area contributed by atoms with Crippen molar-refractivity contribution in [1.29, 1.82) is 0 Å². The number of hydrogen-bond acceptors (Lipinski definition) is 7. The van der Waals surface area contributed by atoms with Gasteiger partial charge < -0.3 is 25.6 Å². The minimum absolute atomic E-state index is 0.0114. The number of esters is 1. The van der Waals surface area contributed by atoms with E-state index in [0.717, 1.165) is 17.7 Å². The molecule has 2 aliphatic rings. The molecule has 4 rings (SSSR count). The van der Waals surface area contributed by atoms with E-state index in [1.54, 1.807) is 37.8 Å². The third-order valence-electron chi connectivity index (χ3n) is 7.36. The van der Waals surface area contributed by atoms with Gasteiger partial charge in [-0.05, 0) is 95.7 Å². The number of nitrogens with two attached hydrogens (primary N) is 1. The molecule has 0 aliphatic carbocycles. The van der Waals surface area contributed by atoms with Crippen molar-refractivity contribution in [3.63, 3.8) is 0 Å². The number of para-hydroxylation sites is 1. The summed E-state index contributed by atoms with van der Waals surface area (Å²) in [5.74, 6) is -1.06. The number of carbonyl (C=O) groups excluding carboxylic acids is 4. The summed E-state index contributed by atoms with van der Waals surface area (Å²) in [6.45, 7) is 6.53. The standard InChI is InChI=1S/C30H37Br2N5O5/c1-30(2,3)42-26(39)17-34-24(16-25(38)19-14-21(31)27(33)22(32)15-19)28(40)36-11-9-20(10-12-36)37-13-8-18-6-4-5-7-23(18)35-29(37)41/h4-7,14-15,20,24,34H,8-13,16-17,33H2,1-3H3,(H,35,41). The molecule has 1 saturated heterocycles. The summed E-state index contributed by atoms with van der Waals surface area (Å²) in [5, 5.41) is 5.99. The van der Waals surface area contributed by atoms with Crippen LogP contribution < -0.4 is 16.4 Å². The Balaban J connectivity index is 1.42. The molecule has 2 heterocycles. The number of rotatable bonds is 8. The summed E-state index contributed by atoms with van der Waals surface area (Å²) >= 11 is 6.73. The Bertz CT molecular complexity index is 1330. The van der Waals surface area contributed by atoms with Crippen LogP contribution >= 0.6 is 31.9 Å². The average molecular weight is 707 g/mol. The number of ether oxygens (including phenoxy) is 1. The first-order valence-corrected chi connectivity index (χ1v) is 15.6. The fourth-order valence-electron chi connectivity index (χ4n) is 5.24. The van der Waals surface area contributed by atoms with Gasteiger partial charge in [-0.3, -0.25) is 19.7 Å². The molecule has 1 unspecified atom stereocenters. The van der Waals surface area contributed by atoms with Gasteiger partial charge in [0.1, 0.15) is 5.60 Å². The molecule has 0 spiro atoms. The van der Waals surface area contributed by atoms with E-state index in [2.05, 4.69) is 42.5 Å². The van der Waals surface area contributed by atoms with Crippen LogP contribution in [-0.4, -0.2) is 77.4 Å². The van der Waals surface area contributed by atoms with Crippen LogP contribution in [0, 0.1) is 0 Å². The lowest BCUT2D eigenvalue weighted by molar-refractivity contribution is -0.153. The molecule has 0 radical (unpaired) electrons. The van der Waals surface area contributed by atoms with Crippen molar-refractivity contribution in [1.82, 2.24) is 15.1 Å². The predicted molar refractivity (Wildman–Crippen MR) is 168 cm³/mol. The lowest BCUT2D eigenvalue weighted by atomic mass is 9.99. The lowest BCUT2D eigenvalue weighted by Crippen LogP contribution is -2.54. The van der Waals surface area contributed by atoms with Crippen molar-refractivity contribution in [3.05, 3.63) is 56.5 Å². The van der Waals surface area contributed by atoms with Crippen molar-refractivity contribution >= 4 is 66.9 Å². The third kappa shape index (κ3) is 8.11. The summed E-state index contributed by atoms with van der Waals surface area (Å²) in [4.78, 5) is 56.0. The topological polar surface area (TPSA) is 134 Å². The molecule has 12 heteroatoms. The molecule has 2 aromatic carbocycles. The first-order valence-electron chi connectivity index (χ1n) is 14.0. The Morgan fingerprint density at radius 3 is 2.38 bits per heavy atom. The average Bonchev–Trinajstić information content (AvgIpc) is 3.10. The molecule has 2 aliphatic heterocycles. The molecule has 3 amide bonds. The minimum atomic E-state index is -0.937. The molecule has 1 atom stereocenters. The second-order valence-electron chi connectivity index (χ2n) is 11.6. The van der Waals surface area contributed by atoms with E-state index in [1.165, 1.54) is 0 Å². The van der Waals surface area contributed by atoms with Crippen molar-refractivity contribution < 1.29 is 23.9 Å². The number of benzene rings is 2. The molecule has 226 valence electrons. The number of likely N-dealkylation sites (tertiary alicyclic amines) is 1. The number of Topliss-reactive ketones (excluding diaryl/α,β-unsaturated/α-hetero) is 1. The predicted octanol–water partition coefficient (Wildman–Crippen LogP) is 4.75. The molecule has 10 nitrogen and oxygen atoms in total. The molecule has 2 aromatic rings. The van der Waals surface area contributed by atoms with Crippen LogP contribution in [0.1, 0.15) is 56.0 Å². The number of hydrogen-bond donors (Lipinski definition) is 3. The number of nitrogens with zero attached hydrogens (tertiary/aromatic N) is 2. The van der Waals surface area contributed by atoms with Crippen LogP contribution in [0.2, 0.25) is 0 Å². The van der Waals surface area contributed by atoms with Crippen LogP contribution in [0.4, 0.5) is 16.2 Å². The van der Waals surface area contributed by atoms with Gasteiger partial charge in [0.05, 0.1) is 18.3 Å². The molecular formula is C30H37Br2N5O5. The van der Waals surface area contributed by atoms with Crippen molar-refractivity contribution in [3.8, 4) is 0 Å². The quantitative estimate of drug-likeness (QED) is 0.205. The number of piperidine rings is 1. The molecular weight excluding hydrogens is 670 g/mol. The van der Waals surface area contributed by atoms with Gasteiger partial charge in [-0.25, -0.2) is 4.79 Å². The van der Waals surface area contributed by atoms with Gasteiger partial charge in [0, 0.05) is 52.3 Å². The monoisotopic (exact) mass is 705 g/mol. The number of carbonyl (C=O) groups is 4. The number of fused-ring (bicyclic) bond motifs is 1. The molecule has 0 aromatic heterocycles. The summed E-state index contributed by atoms with van der Waals surface area (Å²) in [6, 6.07) is 9.96. The fourth-order valence-corrected chi connectivity index (χ4v) is 6.42. The van der Waals surface area contributed by atoms with Gasteiger partial charge in [-0.1, -0.05) is 18.2 Å². The largest absolute Gasteiger partial charge is 0.459 e. The maximum Gasteiger partial charge on any atom is 0.322 e. The smallest absolute Gasteiger partial charge is 0.322 e. The van der Waals surface area contributed by atoms with E-state index in [9.17, 15) is 19.2 Å². The normalized spacial score (nSPS) is 16.7. The number of ketones is 1. The van der Waals surface area contributed by atoms with E-state index in [0.29, 0.717) is 52.7 Å². The highest BCUT2D eigenvalue weighted by molar-refractivity contribution is 9.11. The SMILES string of the molecule is CC(C)(C)OC(=O)CNC(CC(=O)c1cc(Br)c(N)c(Br)c1)C(=O)N1CCC(N2CCc3ccccc3NC2=O)CC1. The lowest BCUT2D eigenvalue weighted by Gasteiger charge is -2.39. The summed E-state index contributed by atoms with van der Waals surface area (Å²) in [5.41, 5.74) is 8.08. The fraction of sp³-hybridized carbons (Fsp3) is 0.467. The summed E-state index contributed by atoms with van der Waals surface area (Å²) < 4.78 is 6.52. The number of nitrogen functional groups attached to an aromatic ring is 1. The van der Waals surface area contributed by atoms with E-state index in [4.69, 9.17) is 10.5 Å². The van der Waals surface area contributed by atoms with Gasteiger partial charge in [0.25, 0.3) is 0 Å². The molecule has 4 N–H and O–H groups in total. The Hall–Kier alpha value is -2.96. The summed E-state index contributed by atoms with van der Waals surface area (Å²) in [6.07, 6.45) is 1.82. The van der Waals surface area contributed by atoms with Gasteiger partial charge in [-0.2, -0.15) is 0 Å². The van der Waals surface area contributed by atoms with Crippen molar-refractivity contribution in [2.24, 2.45) is 0 Å². The van der Waals surface area contributed by atoms with Crippen molar-refractivity contribution in [2.45, 2.75) is 64.1 Å². The van der Waals surface area contributed by atoms with E-state index < -0.39 is 17.6 Å². The minimum Gasteiger partial charge on any atom is -0.459 e. The molecule has 0 saturated carbocycles. The highest BCUT2D eigenvalue weighted by Gasteiger charge is 2.34. The zero-order chi connectivity index (χ0) is 30.6. The van der Waals surface area contributed by atoms with Crippen molar-refractivity contribution in [2.75, 3.05) is 37.2 Å². The molecule has 0 bridgehead atoms. The maximum atomic E-state index is 13.7. The van der Waals surface area contributed by atoms with Crippen LogP contribution in [0.3, 0.4) is 0 Å². The maximum absolute atomic E-state index is 13.7.